The molecule has 6 nitrogen and oxygen atoms in total. The molecule has 0 unspecified atom stereocenters. The summed E-state index contributed by atoms with van der Waals surface area (Å²) in [6, 6.07) is 8.01. The van der Waals surface area contributed by atoms with Gasteiger partial charge in [-0.1, -0.05) is 37.3 Å². The second-order valence-electron chi connectivity index (χ2n) is 4.90. The van der Waals surface area contributed by atoms with Gasteiger partial charge in [0.1, 0.15) is 6.61 Å². The zero-order valence-electron chi connectivity index (χ0n) is 11.9. The van der Waals surface area contributed by atoms with E-state index >= 15 is 0 Å². The number of benzene rings is 1. The minimum atomic E-state index is -1.08. The first kappa shape index (κ1) is 15.3. The van der Waals surface area contributed by atoms with Crippen molar-refractivity contribution in [1.82, 2.24) is 4.90 Å². The molecule has 1 saturated heterocycles. The Morgan fingerprint density at radius 2 is 2.05 bits per heavy atom. The van der Waals surface area contributed by atoms with Gasteiger partial charge in [-0.15, -0.1) is 0 Å². The van der Waals surface area contributed by atoms with Crippen LogP contribution < -0.4 is 0 Å². The summed E-state index contributed by atoms with van der Waals surface area (Å²) < 4.78 is 10.5. The number of nitrogens with zero attached hydrogens (tertiary/aromatic N) is 1. The standard InChI is InChI=1S/C15H19NO5/c1-2-12-9-20-10-13(14(17)18)16(12)15(19)21-8-11-6-4-3-5-7-11/h3-7,12-13H,2,8-10H2,1H3,(H,17,18)/t12-,13-/m0/s1. The molecule has 0 aliphatic carbocycles. The second kappa shape index (κ2) is 7.08. The zero-order valence-corrected chi connectivity index (χ0v) is 11.9. The summed E-state index contributed by atoms with van der Waals surface area (Å²) in [5.74, 6) is -1.08. The largest absolute Gasteiger partial charge is 0.480 e. The van der Waals surface area contributed by atoms with Crippen LogP contribution in [0.4, 0.5) is 4.79 Å². The predicted octanol–water partition coefficient (Wildman–Crippen LogP) is 1.89. The van der Waals surface area contributed by atoms with Crippen molar-refractivity contribution in [2.45, 2.75) is 32.0 Å². The smallest absolute Gasteiger partial charge is 0.411 e. The van der Waals surface area contributed by atoms with Crippen LogP contribution in [0.2, 0.25) is 0 Å². The molecular formula is C15H19NO5. The van der Waals surface area contributed by atoms with Gasteiger partial charge in [-0.05, 0) is 12.0 Å². The number of carboxylic acids is 1. The number of morpholine rings is 1. The van der Waals surface area contributed by atoms with Crippen molar-refractivity contribution in [2.24, 2.45) is 0 Å². The van der Waals surface area contributed by atoms with Crippen LogP contribution in [0.1, 0.15) is 18.9 Å². The van der Waals surface area contributed by atoms with Gasteiger partial charge in [0, 0.05) is 0 Å². The number of aliphatic carboxylic acids is 1. The average Bonchev–Trinajstić information content (AvgIpc) is 2.52. The number of carbonyl (C=O) groups excluding carboxylic acids is 1. The Balaban J connectivity index is 2.04. The summed E-state index contributed by atoms with van der Waals surface area (Å²) in [7, 11) is 0. The molecule has 1 fully saturated rings. The highest BCUT2D eigenvalue weighted by Gasteiger charge is 2.39. The Morgan fingerprint density at radius 3 is 2.67 bits per heavy atom. The molecule has 2 atom stereocenters. The molecule has 1 aromatic rings. The first-order valence-corrected chi connectivity index (χ1v) is 6.93. The van der Waals surface area contributed by atoms with Crippen molar-refractivity contribution in [2.75, 3.05) is 13.2 Å². The van der Waals surface area contributed by atoms with Crippen LogP contribution in [0.5, 0.6) is 0 Å². The number of carbonyl (C=O) groups is 2. The normalized spacial score (nSPS) is 21.9. The molecule has 0 aromatic heterocycles. The summed E-state index contributed by atoms with van der Waals surface area (Å²) in [5, 5.41) is 9.23. The topological polar surface area (TPSA) is 76.1 Å². The lowest BCUT2D eigenvalue weighted by atomic mass is 10.1. The summed E-state index contributed by atoms with van der Waals surface area (Å²) in [4.78, 5) is 24.8. The van der Waals surface area contributed by atoms with Crippen LogP contribution in [0, 0.1) is 0 Å². The molecule has 0 radical (unpaired) electrons. The summed E-state index contributed by atoms with van der Waals surface area (Å²) >= 11 is 0. The zero-order chi connectivity index (χ0) is 15.2. The molecule has 2 rings (SSSR count). The number of ether oxygens (including phenoxy) is 2. The molecule has 1 aliphatic rings. The molecule has 1 heterocycles. The monoisotopic (exact) mass is 293 g/mol. The number of hydrogen-bond donors (Lipinski definition) is 1. The van der Waals surface area contributed by atoms with Gasteiger partial charge in [-0.2, -0.15) is 0 Å². The molecule has 21 heavy (non-hydrogen) atoms. The molecule has 0 spiro atoms. The number of rotatable bonds is 4. The maximum Gasteiger partial charge on any atom is 0.411 e. The maximum atomic E-state index is 12.2. The third-order valence-electron chi connectivity index (χ3n) is 3.49. The van der Waals surface area contributed by atoms with Crippen molar-refractivity contribution < 1.29 is 24.2 Å². The van der Waals surface area contributed by atoms with Crippen molar-refractivity contribution in [3.05, 3.63) is 35.9 Å². The van der Waals surface area contributed by atoms with Crippen LogP contribution in [0.3, 0.4) is 0 Å². The molecule has 6 heteroatoms. The lowest BCUT2D eigenvalue weighted by molar-refractivity contribution is -0.151. The molecule has 1 N–H and O–H groups in total. The van der Waals surface area contributed by atoms with E-state index in [4.69, 9.17) is 9.47 Å². The molecule has 1 aromatic carbocycles. The van der Waals surface area contributed by atoms with Gasteiger partial charge in [-0.25, -0.2) is 9.59 Å². The van der Waals surface area contributed by atoms with Gasteiger partial charge >= 0.3 is 12.1 Å². The number of hydrogen-bond acceptors (Lipinski definition) is 4. The molecular weight excluding hydrogens is 274 g/mol. The third-order valence-corrected chi connectivity index (χ3v) is 3.49. The van der Waals surface area contributed by atoms with Crippen molar-refractivity contribution in [1.29, 1.82) is 0 Å². The average molecular weight is 293 g/mol. The summed E-state index contributed by atoms with van der Waals surface area (Å²) in [5.41, 5.74) is 0.860. The fourth-order valence-electron chi connectivity index (χ4n) is 2.31. The predicted molar refractivity (Wildman–Crippen MR) is 74.8 cm³/mol. The van der Waals surface area contributed by atoms with E-state index in [0.717, 1.165) is 5.56 Å². The van der Waals surface area contributed by atoms with Crippen LogP contribution in [-0.2, 0) is 20.9 Å². The molecule has 0 bridgehead atoms. The van der Waals surface area contributed by atoms with Gasteiger partial charge in [0.15, 0.2) is 6.04 Å². The second-order valence-corrected chi connectivity index (χ2v) is 4.90. The van der Waals surface area contributed by atoms with Gasteiger partial charge in [0.05, 0.1) is 19.3 Å². The highest BCUT2D eigenvalue weighted by Crippen LogP contribution is 2.18. The van der Waals surface area contributed by atoms with E-state index in [-0.39, 0.29) is 19.3 Å². The van der Waals surface area contributed by atoms with Crippen LogP contribution in [0.25, 0.3) is 0 Å². The highest BCUT2D eigenvalue weighted by molar-refractivity contribution is 5.80. The van der Waals surface area contributed by atoms with Crippen LogP contribution >= 0.6 is 0 Å². The minimum Gasteiger partial charge on any atom is -0.480 e. The fourth-order valence-corrected chi connectivity index (χ4v) is 2.31. The Hall–Kier alpha value is -2.08. The Morgan fingerprint density at radius 1 is 1.33 bits per heavy atom. The van der Waals surface area contributed by atoms with E-state index in [1.54, 1.807) is 0 Å². The van der Waals surface area contributed by atoms with Gasteiger partial charge in [0.2, 0.25) is 0 Å². The van der Waals surface area contributed by atoms with Crippen molar-refractivity contribution in [3.8, 4) is 0 Å². The van der Waals surface area contributed by atoms with Gasteiger partial charge in [0.25, 0.3) is 0 Å². The van der Waals surface area contributed by atoms with Crippen molar-refractivity contribution in [3.63, 3.8) is 0 Å². The van der Waals surface area contributed by atoms with E-state index in [1.807, 2.05) is 37.3 Å². The first-order valence-electron chi connectivity index (χ1n) is 6.93. The maximum absolute atomic E-state index is 12.2. The Labute approximate surface area is 123 Å². The molecule has 1 aliphatic heterocycles. The Bertz CT molecular complexity index is 490. The number of carboxylic acid groups (broad SMARTS) is 1. The summed E-state index contributed by atoms with van der Waals surface area (Å²) in [6.45, 7) is 2.34. The highest BCUT2D eigenvalue weighted by atomic mass is 16.6. The number of amides is 1. The van der Waals surface area contributed by atoms with E-state index in [0.29, 0.717) is 13.0 Å². The lowest BCUT2D eigenvalue weighted by Crippen LogP contribution is -2.57. The van der Waals surface area contributed by atoms with E-state index in [1.165, 1.54) is 4.90 Å². The SMILES string of the molecule is CC[C@H]1COC[C@@H](C(=O)O)N1C(=O)OCc1ccccc1. The van der Waals surface area contributed by atoms with Gasteiger partial charge < -0.3 is 14.6 Å². The van der Waals surface area contributed by atoms with E-state index in [9.17, 15) is 14.7 Å². The van der Waals surface area contributed by atoms with Crippen LogP contribution in [-0.4, -0.2) is 47.4 Å². The van der Waals surface area contributed by atoms with Crippen molar-refractivity contribution >= 4 is 12.1 Å². The van der Waals surface area contributed by atoms with E-state index < -0.39 is 18.1 Å². The van der Waals surface area contributed by atoms with Crippen LogP contribution in [0.15, 0.2) is 30.3 Å². The Kier molecular flexibility index (Phi) is 5.16. The third kappa shape index (κ3) is 3.72. The minimum absolute atomic E-state index is 0.00767. The van der Waals surface area contributed by atoms with E-state index in [2.05, 4.69) is 0 Å². The molecule has 1 amide bonds. The first-order chi connectivity index (χ1) is 10.1. The lowest BCUT2D eigenvalue weighted by Gasteiger charge is -2.38. The molecule has 114 valence electrons. The molecule has 0 saturated carbocycles. The van der Waals surface area contributed by atoms with Gasteiger partial charge in [-0.3, -0.25) is 4.90 Å². The summed E-state index contributed by atoms with van der Waals surface area (Å²) in [6.07, 6.45) is 0.00548. The fraction of sp³-hybridized carbons (Fsp3) is 0.467. The quantitative estimate of drug-likeness (QED) is 0.917.